The molecule has 0 saturated heterocycles. The number of rotatable bonds is 4. The summed E-state index contributed by atoms with van der Waals surface area (Å²) in [6, 6.07) is 15.8. The summed E-state index contributed by atoms with van der Waals surface area (Å²) in [6.07, 6.45) is 2.58. The Morgan fingerprint density at radius 2 is 1.11 bits per heavy atom. The van der Waals surface area contributed by atoms with E-state index in [0.717, 1.165) is 0 Å². The number of phenols is 7. The summed E-state index contributed by atoms with van der Waals surface area (Å²) in [5.41, 5.74) is 2.69. The van der Waals surface area contributed by atoms with Crippen LogP contribution in [-0.4, -0.2) is 35.7 Å². The van der Waals surface area contributed by atoms with Gasteiger partial charge in [-0.2, -0.15) is 0 Å². The van der Waals surface area contributed by atoms with Crippen molar-refractivity contribution in [3.05, 3.63) is 94.5 Å². The molecule has 8 heteroatoms. The third kappa shape index (κ3) is 4.27. The lowest BCUT2D eigenvalue weighted by molar-refractivity contribution is 0.214. The molecule has 0 bridgehead atoms. The number of fused-ring (bicyclic) bond motifs is 1. The van der Waals surface area contributed by atoms with Gasteiger partial charge in [0.05, 0.1) is 5.92 Å². The largest absolute Gasteiger partial charge is 0.508 e. The number of ether oxygens (including phenoxy) is 1. The molecule has 182 valence electrons. The van der Waals surface area contributed by atoms with Gasteiger partial charge in [-0.15, -0.1) is 0 Å². The van der Waals surface area contributed by atoms with Crippen LogP contribution in [0.2, 0.25) is 0 Å². The van der Waals surface area contributed by atoms with Crippen LogP contribution in [0, 0.1) is 0 Å². The average Bonchev–Trinajstić information content (AvgIpc) is 3.18. The molecule has 4 aromatic rings. The lowest BCUT2D eigenvalue weighted by atomic mass is 9.84. The summed E-state index contributed by atoms with van der Waals surface area (Å²) >= 11 is 0. The molecular weight excluding hydrogens is 464 g/mol. The normalized spacial score (nSPS) is 16.7. The highest BCUT2D eigenvalue weighted by molar-refractivity contribution is 5.74. The Morgan fingerprint density at radius 1 is 0.528 bits per heavy atom. The van der Waals surface area contributed by atoms with Crippen LogP contribution in [0.5, 0.6) is 46.0 Å². The molecule has 5 rings (SSSR count). The van der Waals surface area contributed by atoms with Crippen molar-refractivity contribution >= 4 is 12.2 Å². The van der Waals surface area contributed by atoms with Crippen molar-refractivity contribution in [2.75, 3.05) is 0 Å². The zero-order chi connectivity index (χ0) is 25.6. The number of phenolic OH excluding ortho intramolecular Hbond substituents is 7. The van der Waals surface area contributed by atoms with E-state index in [4.69, 9.17) is 4.74 Å². The molecule has 36 heavy (non-hydrogen) atoms. The van der Waals surface area contributed by atoms with Crippen LogP contribution >= 0.6 is 0 Å². The van der Waals surface area contributed by atoms with E-state index in [1.54, 1.807) is 24.3 Å². The third-order valence-electron chi connectivity index (χ3n) is 6.01. The predicted molar refractivity (Wildman–Crippen MR) is 132 cm³/mol. The number of benzene rings is 4. The lowest BCUT2D eigenvalue weighted by Crippen LogP contribution is -2.11. The molecule has 1 aliphatic rings. The van der Waals surface area contributed by atoms with Gasteiger partial charge in [0.2, 0.25) is 0 Å². The number of hydrogen-bond donors (Lipinski definition) is 7. The van der Waals surface area contributed by atoms with Crippen molar-refractivity contribution in [1.82, 2.24) is 0 Å². The summed E-state index contributed by atoms with van der Waals surface area (Å²) in [7, 11) is 0. The highest BCUT2D eigenvalue weighted by Gasteiger charge is 2.39. The molecular formula is C28H22O8. The maximum atomic E-state index is 10.8. The first-order valence-corrected chi connectivity index (χ1v) is 11.0. The summed E-state index contributed by atoms with van der Waals surface area (Å²) in [4.78, 5) is 0. The van der Waals surface area contributed by atoms with Crippen molar-refractivity contribution in [2.24, 2.45) is 0 Å². The van der Waals surface area contributed by atoms with E-state index in [9.17, 15) is 35.7 Å². The van der Waals surface area contributed by atoms with Crippen LogP contribution in [0.25, 0.3) is 12.2 Å². The van der Waals surface area contributed by atoms with Gasteiger partial charge in [-0.05, 0) is 70.8 Å². The van der Waals surface area contributed by atoms with E-state index in [0.29, 0.717) is 27.8 Å². The monoisotopic (exact) mass is 486 g/mol. The van der Waals surface area contributed by atoms with Crippen LogP contribution < -0.4 is 4.74 Å². The topological polar surface area (TPSA) is 151 Å². The van der Waals surface area contributed by atoms with Gasteiger partial charge in [-0.25, -0.2) is 0 Å². The van der Waals surface area contributed by atoms with Gasteiger partial charge >= 0.3 is 0 Å². The molecule has 0 spiro atoms. The SMILES string of the molecule is Oc1cc(O)cc(C=Cc2cc(O)c3c(c2)C(c2cc(O)cc(O)c2)C(c2ccc(O)c(O)c2)O3)c1. The van der Waals surface area contributed by atoms with Crippen LogP contribution in [0.3, 0.4) is 0 Å². The zero-order valence-electron chi connectivity index (χ0n) is 18.7. The first kappa shape index (κ1) is 22.8. The summed E-state index contributed by atoms with van der Waals surface area (Å²) in [5, 5.41) is 70.3. The zero-order valence-corrected chi connectivity index (χ0v) is 18.7. The second-order valence-corrected chi connectivity index (χ2v) is 8.62. The van der Waals surface area contributed by atoms with E-state index in [-0.39, 0.29) is 46.0 Å². The first-order valence-electron chi connectivity index (χ1n) is 11.0. The molecule has 1 heterocycles. The van der Waals surface area contributed by atoms with Crippen LogP contribution in [0.15, 0.2) is 66.7 Å². The van der Waals surface area contributed by atoms with Gasteiger partial charge < -0.3 is 40.5 Å². The number of aromatic hydroxyl groups is 7. The molecule has 0 saturated carbocycles. The van der Waals surface area contributed by atoms with Crippen molar-refractivity contribution in [3.63, 3.8) is 0 Å². The Balaban J connectivity index is 1.62. The Morgan fingerprint density at radius 3 is 1.72 bits per heavy atom. The van der Waals surface area contributed by atoms with Crippen molar-refractivity contribution in [1.29, 1.82) is 0 Å². The van der Waals surface area contributed by atoms with Crippen LogP contribution in [0.1, 0.15) is 39.8 Å². The van der Waals surface area contributed by atoms with Crippen LogP contribution in [0.4, 0.5) is 0 Å². The molecule has 7 N–H and O–H groups in total. The third-order valence-corrected chi connectivity index (χ3v) is 6.01. The molecule has 0 aromatic heterocycles. The molecule has 1 aliphatic heterocycles. The highest BCUT2D eigenvalue weighted by atomic mass is 16.5. The molecule has 0 fully saturated rings. The predicted octanol–water partition coefficient (Wildman–Crippen LogP) is 5.06. The average molecular weight is 486 g/mol. The molecule has 0 aliphatic carbocycles. The molecule has 2 atom stereocenters. The second kappa shape index (κ2) is 8.66. The van der Waals surface area contributed by atoms with E-state index < -0.39 is 12.0 Å². The Bertz CT molecular complexity index is 1470. The molecule has 4 aromatic carbocycles. The Labute approximate surface area is 205 Å². The van der Waals surface area contributed by atoms with Crippen molar-refractivity contribution in [2.45, 2.75) is 12.0 Å². The molecule has 0 amide bonds. The smallest absolute Gasteiger partial charge is 0.165 e. The van der Waals surface area contributed by atoms with E-state index in [2.05, 4.69) is 0 Å². The molecule has 8 nitrogen and oxygen atoms in total. The van der Waals surface area contributed by atoms with Gasteiger partial charge in [0.15, 0.2) is 23.0 Å². The lowest BCUT2D eigenvalue weighted by Gasteiger charge is -2.21. The van der Waals surface area contributed by atoms with Gasteiger partial charge in [0.1, 0.15) is 29.1 Å². The minimum atomic E-state index is -0.763. The Kier molecular flexibility index (Phi) is 5.49. The highest BCUT2D eigenvalue weighted by Crippen LogP contribution is 2.54. The van der Waals surface area contributed by atoms with E-state index >= 15 is 0 Å². The summed E-state index contributed by atoms with van der Waals surface area (Å²) in [5.74, 6) is -1.69. The quantitative estimate of drug-likeness (QED) is 0.156. The standard InChI is InChI=1S/C28H22O8/c29-18-5-14(6-19(30)12-18)1-2-15-7-22-26(17-9-20(31)13-21(32)10-17)27(36-28(22)25(35)8-15)16-3-4-23(33)24(34)11-16/h1-13,26-27,29-35H. The first-order chi connectivity index (χ1) is 17.2. The van der Waals surface area contributed by atoms with Crippen LogP contribution in [-0.2, 0) is 0 Å². The van der Waals surface area contributed by atoms with Gasteiger partial charge in [-0.3, -0.25) is 0 Å². The molecule has 0 radical (unpaired) electrons. The van der Waals surface area contributed by atoms with Crippen molar-refractivity contribution < 1.29 is 40.5 Å². The maximum absolute atomic E-state index is 10.8. The molecule has 2 unspecified atom stereocenters. The fourth-order valence-corrected chi connectivity index (χ4v) is 4.51. The van der Waals surface area contributed by atoms with Gasteiger partial charge in [0, 0.05) is 17.7 Å². The minimum Gasteiger partial charge on any atom is -0.508 e. The van der Waals surface area contributed by atoms with Gasteiger partial charge in [-0.1, -0.05) is 18.2 Å². The van der Waals surface area contributed by atoms with E-state index in [1.165, 1.54) is 54.6 Å². The second-order valence-electron chi connectivity index (χ2n) is 8.62. The fraction of sp³-hybridized carbons (Fsp3) is 0.0714. The summed E-state index contributed by atoms with van der Waals surface area (Å²) < 4.78 is 6.12. The van der Waals surface area contributed by atoms with Gasteiger partial charge in [0.25, 0.3) is 0 Å². The minimum absolute atomic E-state index is 0.0939. The summed E-state index contributed by atoms with van der Waals surface area (Å²) in [6.45, 7) is 0. The fourth-order valence-electron chi connectivity index (χ4n) is 4.51. The van der Waals surface area contributed by atoms with Crippen molar-refractivity contribution in [3.8, 4) is 46.0 Å². The van der Waals surface area contributed by atoms with E-state index in [1.807, 2.05) is 0 Å². The Hall–Kier alpha value is -4.98. The number of hydrogen-bond acceptors (Lipinski definition) is 8. The maximum Gasteiger partial charge on any atom is 0.165 e.